The Hall–Kier alpha value is -3.49. The molecule has 8 nitrogen and oxygen atoms in total. The first-order chi connectivity index (χ1) is 15.1. The van der Waals surface area contributed by atoms with E-state index in [2.05, 4.69) is 27.4 Å². The fourth-order valence-electron chi connectivity index (χ4n) is 3.43. The normalized spacial score (nSPS) is 16.1. The SMILES string of the molecule is CC1COCCN1c1cc(CO)nc(-c2ccc(NC(=O)Nc3ccccc3)cc2)n1. The Labute approximate surface area is 180 Å². The molecule has 0 bridgehead atoms. The monoisotopic (exact) mass is 419 g/mol. The molecule has 3 N–H and O–H groups in total. The van der Waals surface area contributed by atoms with E-state index in [9.17, 15) is 9.90 Å². The summed E-state index contributed by atoms with van der Waals surface area (Å²) in [5.41, 5.74) is 2.72. The molecule has 160 valence electrons. The van der Waals surface area contributed by atoms with Gasteiger partial charge in [0.2, 0.25) is 0 Å². The van der Waals surface area contributed by atoms with E-state index in [1.54, 1.807) is 12.1 Å². The third-order valence-corrected chi connectivity index (χ3v) is 5.02. The van der Waals surface area contributed by atoms with Gasteiger partial charge >= 0.3 is 6.03 Å². The first-order valence-corrected chi connectivity index (χ1v) is 10.2. The zero-order valence-corrected chi connectivity index (χ0v) is 17.3. The summed E-state index contributed by atoms with van der Waals surface area (Å²) in [5.74, 6) is 1.30. The molecule has 1 atom stereocenters. The van der Waals surface area contributed by atoms with Crippen molar-refractivity contribution in [1.82, 2.24) is 9.97 Å². The molecule has 8 heteroatoms. The highest BCUT2D eigenvalue weighted by Gasteiger charge is 2.21. The lowest BCUT2D eigenvalue weighted by Gasteiger charge is -2.34. The summed E-state index contributed by atoms with van der Waals surface area (Å²) in [5, 5.41) is 15.3. The molecule has 0 saturated carbocycles. The molecular weight excluding hydrogens is 394 g/mol. The van der Waals surface area contributed by atoms with Crippen molar-refractivity contribution in [2.45, 2.75) is 19.6 Å². The zero-order valence-electron chi connectivity index (χ0n) is 17.3. The number of nitrogens with one attached hydrogen (secondary N) is 2. The Bertz CT molecular complexity index is 1030. The molecule has 2 heterocycles. The summed E-state index contributed by atoms with van der Waals surface area (Å²) in [7, 11) is 0. The standard InChI is InChI=1S/C23H25N5O3/c1-16-15-31-12-11-28(16)21-13-20(14-29)24-22(27-21)17-7-9-19(10-8-17)26-23(30)25-18-5-3-2-4-6-18/h2-10,13,16,29H,11-12,14-15H2,1H3,(H2,25,26,30). The number of carbonyl (C=O) groups is 1. The van der Waals surface area contributed by atoms with Gasteiger partial charge in [0, 0.05) is 29.5 Å². The van der Waals surface area contributed by atoms with Crippen LogP contribution < -0.4 is 15.5 Å². The highest BCUT2D eigenvalue weighted by atomic mass is 16.5. The predicted octanol–water partition coefficient (Wildman–Crippen LogP) is 3.51. The minimum atomic E-state index is -0.318. The summed E-state index contributed by atoms with van der Waals surface area (Å²) in [6, 6.07) is 18.2. The number of anilines is 3. The average molecular weight is 419 g/mol. The first-order valence-electron chi connectivity index (χ1n) is 10.2. The molecule has 4 rings (SSSR count). The van der Waals surface area contributed by atoms with Crippen LogP contribution in [0.3, 0.4) is 0 Å². The van der Waals surface area contributed by atoms with Crippen LogP contribution in [0.1, 0.15) is 12.6 Å². The van der Waals surface area contributed by atoms with Crippen LogP contribution in [-0.2, 0) is 11.3 Å². The van der Waals surface area contributed by atoms with Crippen molar-refractivity contribution in [3.8, 4) is 11.4 Å². The molecule has 2 aromatic carbocycles. The van der Waals surface area contributed by atoms with Crippen molar-refractivity contribution in [2.75, 3.05) is 35.3 Å². The number of para-hydroxylation sites is 1. The number of aliphatic hydroxyl groups is 1. The molecule has 1 aliphatic heterocycles. The van der Waals surface area contributed by atoms with E-state index >= 15 is 0 Å². The second-order valence-electron chi connectivity index (χ2n) is 7.34. The van der Waals surface area contributed by atoms with Crippen molar-refractivity contribution < 1.29 is 14.6 Å². The van der Waals surface area contributed by atoms with Gasteiger partial charge in [-0.05, 0) is 43.3 Å². The number of urea groups is 1. The summed E-state index contributed by atoms with van der Waals surface area (Å²) >= 11 is 0. The molecular formula is C23H25N5O3. The Morgan fingerprint density at radius 1 is 1.10 bits per heavy atom. The highest BCUT2D eigenvalue weighted by molar-refractivity contribution is 5.99. The maximum absolute atomic E-state index is 12.2. The van der Waals surface area contributed by atoms with E-state index in [1.807, 2.05) is 48.5 Å². The fraction of sp³-hybridized carbons (Fsp3) is 0.261. The molecule has 2 amide bonds. The van der Waals surface area contributed by atoms with Crippen LogP contribution in [0.15, 0.2) is 60.7 Å². The van der Waals surface area contributed by atoms with Gasteiger partial charge in [-0.2, -0.15) is 0 Å². The molecule has 1 fully saturated rings. The largest absolute Gasteiger partial charge is 0.390 e. The second-order valence-corrected chi connectivity index (χ2v) is 7.34. The van der Waals surface area contributed by atoms with Gasteiger partial charge in [-0.1, -0.05) is 18.2 Å². The lowest BCUT2D eigenvalue weighted by Crippen LogP contribution is -2.44. The Morgan fingerprint density at radius 2 is 1.81 bits per heavy atom. The van der Waals surface area contributed by atoms with Gasteiger partial charge in [-0.25, -0.2) is 14.8 Å². The maximum Gasteiger partial charge on any atom is 0.323 e. The number of benzene rings is 2. The first kappa shape index (κ1) is 20.8. The number of aromatic nitrogens is 2. The van der Waals surface area contributed by atoms with E-state index in [0.717, 1.165) is 23.6 Å². The van der Waals surface area contributed by atoms with Crippen molar-refractivity contribution in [2.24, 2.45) is 0 Å². The quantitative estimate of drug-likeness (QED) is 0.585. The number of amides is 2. The summed E-state index contributed by atoms with van der Waals surface area (Å²) < 4.78 is 5.51. The van der Waals surface area contributed by atoms with E-state index < -0.39 is 0 Å². The van der Waals surface area contributed by atoms with Crippen molar-refractivity contribution in [3.05, 3.63) is 66.4 Å². The second kappa shape index (κ2) is 9.55. The van der Waals surface area contributed by atoms with Crippen LogP contribution in [0.25, 0.3) is 11.4 Å². The van der Waals surface area contributed by atoms with Gasteiger partial charge in [0.05, 0.1) is 31.6 Å². The van der Waals surface area contributed by atoms with E-state index in [4.69, 9.17) is 9.72 Å². The van der Waals surface area contributed by atoms with Crippen molar-refractivity contribution in [1.29, 1.82) is 0 Å². The van der Waals surface area contributed by atoms with Crippen LogP contribution >= 0.6 is 0 Å². The summed E-state index contributed by atoms with van der Waals surface area (Å²) in [4.78, 5) is 23.5. The lowest BCUT2D eigenvalue weighted by molar-refractivity contribution is 0.0985. The minimum absolute atomic E-state index is 0.166. The number of nitrogens with zero attached hydrogens (tertiary/aromatic N) is 3. The number of rotatable bonds is 5. The van der Waals surface area contributed by atoms with Gasteiger partial charge in [-0.15, -0.1) is 0 Å². The van der Waals surface area contributed by atoms with Crippen LogP contribution in [0, 0.1) is 0 Å². The van der Waals surface area contributed by atoms with Gasteiger partial charge in [0.25, 0.3) is 0 Å². The topological polar surface area (TPSA) is 99.6 Å². The number of ether oxygens (including phenoxy) is 1. The van der Waals surface area contributed by atoms with Gasteiger partial charge in [-0.3, -0.25) is 0 Å². The third-order valence-electron chi connectivity index (χ3n) is 5.02. The summed E-state index contributed by atoms with van der Waals surface area (Å²) in [6.45, 7) is 3.94. The Morgan fingerprint density at radius 3 is 2.48 bits per heavy atom. The fourth-order valence-corrected chi connectivity index (χ4v) is 3.43. The van der Waals surface area contributed by atoms with E-state index in [1.165, 1.54) is 0 Å². The highest BCUT2D eigenvalue weighted by Crippen LogP contribution is 2.24. The molecule has 0 aliphatic carbocycles. The molecule has 1 aliphatic rings. The lowest BCUT2D eigenvalue weighted by atomic mass is 10.2. The van der Waals surface area contributed by atoms with Crippen LogP contribution in [0.4, 0.5) is 22.0 Å². The maximum atomic E-state index is 12.2. The third kappa shape index (κ3) is 5.17. The van der Waals surface area contributed by atoms with Crippen molar-refractivity contribution >= 4 is 23.2 Å². The number of morpholine rings is 1. The van der Waals surface area contributed by atoms with Crippen LogP contribution in [0.5, 0.6) is 0 Å². The Balaban J connectivity index is 1.50. The Kier molecular flexibility index (Phi) is 6.40. The molecule has 31 heavy (non-hydrogen) atoms. The molecule has 0 spiro atoms. The summed E-state index contributed by atoms with van der Waals surface area (Å²) in [6.07, 6.45) is 0. The van der Waals surface area contributed by atoms with Crippen LogP contribution in [0.2, 0.25) is 0 Å². The number of hydrogen-bond donors (Lipinski definition) is 3. The number of aliphatic hydroxyl groups excluding tert-OH is 1. The van der Waals surface area contributed by atoms with E-state index in [0.29, 0.717) is 30.4 Å². The zero-order chi connectivity index (χ0) is 21.6. The predicted molar refractivity (Wildman–Crippen MR) is 120 cm³/mol. The molecule has 0 radical (unpaired) electrons. The average Bonchev–Trinajstić information content (AvgIpc) is 2.80. The number of carbonyl (C=O) groups excluding carboxylic acids is 1. The molecule has 1 aromatic heterocycles. The van der Waals surface area contributed by atoms with Crippen LogP contribution in [-0.4, -0.2) is 46.9 Å². The van der Waals surface area contributed by atoms with Gasteiger partial charge in [0.15, 0.2) is 5.82 Å². The molecule has 1 unspecified atom stereocenters. The van der Waals surface area contributed by atoms with Gasteiger partial charge in [0.1, 0.15) is 5.82 Å². The van der Waals surface area contributed by atoms with Crippen molar-refractivity contribution in [3.63, 3.8) is 0 Å². The van der Waals surface area contributed by atoms with Gasteiger partial charge < -0.3 is 25.4 Å². The minimum Gasteiger partial charge on any atom is -0.390 e. The molecule has 1 saturated heterocycles. The molecule has 3 aromatic rings. The van der Waals surface area contributed by atoms with E-state index in [-0.39, 0.29) is 18.7 Å². The smallest absolute Gasteiger partial charge is 0.323 e. The number of hydrogen-bond acceptors (Lipinski definition) is 6.